The van der Waals surface area contributed by atoms with Gasteiger partial charge in [0.1, 0.15) is 18.8 Å². The highest BCUT2D eigenvalue weighted by molar-refractivity contribution is 5.73. The fourth-order valence-electron chi connectivity index (χ4n) is 2.62. The van der Waals surface area contributed by atoms with Crippen LogP contribution in [0.1, 0.15) is 27.7 Å². The number of rotatable bonds is 8. The van der Waals surface area contributed by atoms with Gasteiger partial charge in [-0.15, -0.1) is 0 Å². The van der Waals surface area contributed by atoms with E-state index in [0.29, 0.717) is 0 Å². The number of carbonyl (C=O) groups excluding carboxylic acids is 4. The number of nitrogens with one attached hydrogen (secondary N) is 1. The second-order valence-electron chi connectivity index (χ2n) is 5.88. The molecule has 0 aromatic carbocycles. The highest BCUT2D eigenvalue weighted by atomic mass is 16.7. The lowest BCUT2D eigenvalue weighted by Gasteiger charge is -2.44. The maximum atomic E-state index is 11.6. The van der Waals surface area contributed by atoms with Crippen LogP contribution >= 0.6 is 0 Å². The van der Waals surface area contributed by atoms with Crippen molar-refractivity contribution in [3.8, 4) is 0 Å². The van der Waals surface area contributed by atoms with Crippen molar-refractivity contribution in [1.82, 2.24) is 5.32 Å². The van der Waals surface area contributed by atoms with Crippen LogP contribution in [0.5, 0.6) is 0 Å². The minimum absolute atomic E-state index is 0.0893. The van der Waals surface area contributed by atoms with Gasteiger partial charge < -0.3 is 34.7 Å². The molecule has 3 N–H and O–H groups in total. The average Bonchev–Trinajstić information content (AvgIpc) is 2.54. The zero-order chi connectivity index (χ0) is 20.6. The molecule has 27 heavy (non-hydrogen) atoms. The molecule has 0 bridgehead atoms. The highest BCUT2D eigenvalue weighted by Crippen LogP contribution is 2.27. The van der Waals surface area contributed by atoms with Crippen LogP contribution in [0.4, 0.5) is 0 Å². The normalized spacial score (nSPS) is 27.4. The quantitative estimate of drug-likeness (QED) is 0.374. The fourth-order valence-corrected chi connectivity index (χ4v) is 2.62. The van der Waals surface area contributed by atoms with Gasteiger partial charge in [0, 0.05) is 34.2 Å². The van der Waals surface area contributed by atoms with Crippen LogP contribution in [0.15, 0.2) is 0 Å². The van der Waals surface area contributed by atoms with E-state index < -0.39 is 54.5 Å². The first kappa shape index (κ1) is 22.8. The van der Waals surface area contributed by atoms with Crippen LogP contribution in [0, 0.1) is 0 Å². The number of carbonyl (C=O) groups is 4. The Balaban J connectivity index is 3.22. The predicted octanol–water partition coefficient (Wildman–Crippen LogP) is -1.38. The number of hydrogen-bond acceptors (Lipinski definition) is 10. The second-order valence-corrected chi connectivity index (χ2v) is 5.88. The molecule has 0 spiro atoms. The van der Waals surface area contributed by atoms with Gasteiger partial charge in [0.25, 0.3) is 0 Å². The first-order chi connectivity index (χ1) is 12.6. The summed E-state index contributed by atoms with van der Waals surface area (Å²) in [7, 11) is 0. The monoisotopic (exact) mass is 390 g/mol. The number of esters is 3. The van der Waals surface area contributed by atoms with Crippen LogP contribution < -0.4 is 11.1 Å². The molecule has 11 heteroatoms. The molecular formula is C16H26N2O9. The molecule has 1 heterocycles. The van der Waals surface area contributed by atoms with Crippen LogP contribution in [0.25, 0.3) is 0 Å². The summed E-state index contributed by atoms with van der Waals surface area (Å²) in [6.45, 7) is 4.78. The van der Waals surface area contributed by atoms with Crippen molar-refractivity contribution in [2.45, 2.75) is 58.3 Å². The molecule has 154 valence electrons. The first-order valence-electron chi connectivity index (χ1n) is 8.37. The van der Waals surface area contributed by atoms with Crippen LogP contribution in [-0.4, -0.2) is 74.2 Å². The van der Waals surface area contributed by atoms with E-state index >= 15 is 0 Å². The zero-order valence-electron chi connectivity index (χ0n) is 15.8. The van der Waals surface area contributed by atoms with Gasteiger partial charge in [-0.2, -0.15) is 0 Å². The molecule has 0 aromatic heterocycles. The van der Waals surface area contributed by atoms with Crippen molar-refractivity contribution in [2.75, 3.05) is 19.8 Å². The summed E-state index contributed by atoms with van der Waals surface area (Å²) < 4.78 is 26.8. The van der Waals surface area contributed by atoms with Crippen molar-refractivity contribution < 1.29 is 42.9 Å². The van der Waals surface area contributed by atoms with Crippen molar-refractivity contribution in [1.29, 1.82) is 0 Å². The molecule has 1 amide bonds. The summed E-state index contributed by atoms with van der Waals surface area (Å²) in [5, 5.41) is 2.58. The van der Waals surface area contributed by atoms with Crippen molar-refractivity contribution in [2.24, 2.45) is 5.73 Å². The number of hydrogen-bond donors (Lipinski definition) is 2. The third-order valence-electron chi connectivity index (χ3n) is 3.47. The van der Waals surface area contributed by atoms with Gasteiger partial charge in [-0.05, 0) is 0 Å². The third kappa shape index (κ3) is 7.49. The Labute approximate surface area is 156 Å². The fraction of sp³-hybridized carbons (Fsp3) is 0.750. The second kappa shape index (κ2) is 10.8. The summed E-state index contributed by atoms with van der Waals surface area (Å²) in [5.74, 6) is -2.36. The van der Waals surface area contributed by atoms with E-state index in [1.54, 1.807) is 0 Å². The van der Waals surface area contributed by atoms with Crippen LogP contribution in [0.3, 0.4) is 0 Å². The molecule has 5 atom stereocenters. The first-order valence-corrected chi connectivity index (χ1v) is 8.37. The molecule has 11 nitrogen and oxygen atoms in total. The lowest BCUT2D eigenvalue weighted by atomic mass is 9.96. The van der Waals surface area contributed by atoms with Gasteiger partial charge in [0.15, 0.2) is 18.5 Å². The number of amides is 1. The molecule has 1 saturated heterocycles. The zero-order valence-corrected chi connectivity index (χ0v) is 15.8. The molecule has 0 saturated carbocycles. The SMILES string of the molecule is CC(=O)N[C@H]1[C@@H](OCCN)O[C@H](COC(C)=O)[C@H](OC(C)=O)[C@@H]1OC(C)=O. The summed E-state index contributed by atoms with van der Waals surface area (Å²) >= 11 is 0. The van der Waals surface area contributed by atoms with E-state index in [9.17, 15) is 19.2 Å². The maximum absolute atomic E-state index is 11.6. The summed E-state index contributed by atoms with van der Waals surface area (Å²) in [6, 6.07) is -0.976. The van der Waals surface area contributed by atoms with Gasteiger partial charge in [-0.3, -0.25) is 19.2 Å². The molecule has 1 rings (SSSR count). The Morgan fingerprint density at radius 3 is 2.04 bits per heavy atom. The van der Waals surface area contributed by atoms with E-state index in [0.717, 1.165) is 6.92 Å². The Bertz CT molecular complexity index is 554. The molecular weight excluding hydrogens is 364 g/mol. The van der Waals surface area contributed by atoms with Crippen LogP contribution in [-0.2, 0) is 42.9 Å². The Morgan fingerprint density at radius 1 is 0.963 bits per heavy atom. The summed E-state index contributed by atoms with van der Waals surface area (Å²) in [6.07, 6.45) is -4.34. The van der Waals surface area contributed by atoms with E-state index in [1.807, 2.05) is 0 Å². The lowest BCUT2D eigenvalue weighted by Crippen LogP contribution is -2.66. The highest BCUT2D eigenvalue weighted by Gasteiger charge is 2.51. The van der Waals surface area contributed by atoms with Crippen LogP contribution in [0.2, 0.25) is 0 Å². The van der Waals surface area contributed by atoms with E-state index in [1.165, 1.54) is 20.8 Å². The molecule has 1 aliphatic rings. The Kier molecular flexibility index (Phi) is 9.12. The van der Waals surface area contributed by atoms with E-state index in [4.69, 9.17) is 29.4 Å². The molecule has 1 aliphatic heterocycles. The topological polar surface area (TPSA) is 152 Å². The van der Waals surface area contributed by atoms with Gasteiger partial charge in [-0.25, -0.2) is 0 Å². The minimum atomic E-state index is -1.14. The Hall–Kier alpha value is -2.24. The van der Waals surface area contributed by atoms with Crippen molar-refractivity contribution in [3.63, 3.8) is 0 Å². The van der Waals surface area contributed by atoms with E-state index in [2.05, 4.69) is 5.32 Å². The standard InChI is InChI=1S/C16H26N2O9/c1-8(19)18-13-15(26-11(4)22)14(25-10(3)21)12(7-24-9(2)20)27-16(13)23-6-5-17/h12-16H,5-7,17H2,1-4H3,(H,18,19)/t12-,13-,14+,15-,16+/m1/s1. The molecule has 1 fully saturated rings. The van der Waals surface area contributed by atoms with Crippen molar-refractivity contribution in [3.05, 3.63) is 0 Å². The minimum Gasteiger partial charge on any atom is -0.463 e. The van der Waals surface area contributed by atoms with Gasteiger partial charge in [-0.1, -0.05) is 0 Å². The Morgan fingerprint density at radius 2 is 1.56 bits per heavy atom. The van der Waals surface area contributed by atoms with Gasteiger partial charge in [0.05, 0.1) is 6.61 Å². The predicted molar refractivity (Wildman–Crippen MR) is 89.0 cm³/mol. The van der Waals surface area contributed by atoms with Gasteiger partial charge in [0.2, 0.25) is 5.91 Å². The molecule has 0 radical (unpaired) electrons. The summed E-state index contributed by atoms with van der Waals surface area (Å²) in [5.41, 5.74) is 5.44. The van der Waals surface area contributed by atoms with E-state index in [-0.39, 0.29) is 19.8 Å². The maximum Gasteiger partial charge on any atom is 0.303 e. The third-order valence-corrected chi connectivity index (χ3v) is 3.47. The lowest BCUT2D eigenvalue weighted by molar-refractivity contribution is -0.277. The smallest absolute Gasteiger partial charge is 0.303 e. The molecule has 0 aromatic rings. The largest absolute Gasteiger partial charge is 0.463 e. The summed E-state index contributed by atoms with van der Waals surface area (Å²) in [4.78, 5) is 45.9. The number of ether oxygens (including phenoxy) is 5. The molecule has 0 aliphatic carbocycles. The van der Waals surface area contributed by atoms with Gasteiger partial charge >= 0.3 is 17.9 Å². The average molecular weight is 390 g/mol. The van der Waals surface area contributed by atoms with Crippen molar-refractivity contribution >= 4 is 23.8 Å². The number of nitrogens with two attached hydrogens (primary N) is 1. The molecule has 0 unspecified atom stereocenters.